The largest absolute Gasteiger partial charge is 0.345 e. The Bertz CT molecular complexity index is 1140. The van der Waals surface area contributed by atoms with E-state index in [0.717, 1.165) is 34.3 Å². The van der Waals surface area contributed by atoms with Gasteiger partial charge in [-0.1, -0.05) is 52.3 Å². The fourth-order valence-electron chi connectivity index (χ4n) is 4.34. The van der Waals surface area contributed by atoms with Gasteiger partial charge in [-0.2, -0.15) is 0 Å². The zero-order valence-electron chi connectivity index (χ0n) is 18.9. The molecule has 1 aliphatic heterocycles. The average Bonchev–Trinajstić information content (AvgIpc) is 2.84. The predicted octanol–water partition coefficient (Wildman–Crippen LogP) is 5.66. The summed E-state index contributed by atoms with van der Waals surface area (Å²) in [6.45, 7) is 5.23. The van der Waals surface area contributed by atoms with Crippen molar-refractivity contribution in [1.82, 2.24) is 15.2 Å². The third-order valence-electron chi connectivity index (χ3n) is 6.20. The van der Waals surface area contributed by atoms with E-state index in [0.29, 0.717) is 24.2 Å². The van der Waals surface area contributed by atoms with Gasteiger partial charge in [0, 0.05) is 34.7 Å². The maximum Gasteiger partial charge on any atom is 0.253 e. The molecule has 1 aliphatic rings. The number of hydrogen-bond donors (Lipinski definition) is 1. The topological polar surface area (TPSA) is 62.3 Å². The first-order chi connectivity index (χ1) is 15.9. The first-order valence-electron chi connectivity index (χ1n) is 11.3. The lowest BCUT2D eigenvalue weighted by molar-refractivity contribution is 0.0710. The van der Waals surface area contributed by atoms with Crippen molar-refractivity contribution in [2.75, 3.05) is 13.1 Å². The molecule has 170 valence electrons. The Morgan fingerprint density at radius 2 is 1.76 bits per heavy atom. The molecule has 33 heavy (non-hydrogen) atoms. The number of piperidine rings is 1. The molecule has 3 aromatic rings. The first kappa shape index (κ1) is 23.2. The van der Waals surface area contributed by atoms with Crippen molar-refractivity contribution in [2.24, 2.45) is 0 Å². The van der Waals surface area contributed by atoms with Crippen LogP contribution in [0.25, 0.3) is 0 Å². The zero-order valence-corrected chi connectivity index (χ0v) is 20.5. The van der Waals surface area contributed by atoms with Gasteiger partial charge in [-0.3, -0.25) is 14.6 Å². The molecular formula is C27H28BrN3O2. The van der Waals surface area contributed by atoms with Gasteiger partial charge in [0.15, 0.2) is 0 Å². The summed E-state index contributed by atoms with van der Waals surface area (Å²) >= 11 is 3.44. The van der Waals surface area contributed by atoms with Crippen molar-refractivity contribution >= 4 is 27.7 Å². The van der Waals surface area contributed by atoms with Gasteiger partial charge in [-0.05, 0) is 62.6 Å². The van der Waals surface area contributed by atoms with E-state index in [4.69, 9.17) is 4.98 Å². The molecule has 2 heterocycles. The molecule has 0 aliphatic carbocycles. The molecule has 1 atom stereocenters. The van der Waals surface area contributed by atoms with Crippen LogP contribution in [0.4, 0.5) is 0 Å². The number of pyridine rings is 1. The van der Waals surface area contributed by atoms with E-state index in [2.05, 4.69) is 21.2 Å². The third-order valence-corrected chi connectivity index (χ3v) is 6.69. The van der Waals surface area contributed by atoms with Crippen molar-refractivity contribution in [3.8, 4) is 0 Å². The second-order valence-corrected chi connectivity index (χ2v) is 9.48. The Labute approximate surface area is 203 Å². The van der Waals surface area contributed by atoms with Gasteiger partial charge < -0.3 is 10.2 Å². The smallest absolute Gasteiger partial charge is 0.253 e. The van der Waals surface area contributed by atoms with E-state index < -0.39 is 0 Å². The SMILES string of the molecule is Cc1ccc(C(=O)NC(C)c2ccccc2)c(C2CCN(C(=O)c3cccc(Br)c3)CC2)n1. The Kier molecular flexibility index (Phi) is 7.23. The maximum absolute atomic E-state index is 13.2. The second kappa shape index (κ2) is 10.3. The van der Waals surface area contributed by atoms with Crippen LogP contribution in [-0.4, -0.2) is 34.8 Å². The quantitative estimate of drug-likeness (QED) is 0.486. The summed E-state index contributed by atoms with van der Waals surface area (Å²) in [5.74, 6) is 0.0762. The van der Waals surface area contributed by atoms with E-state index >= 15 is 0 Å². The fourth-order valence-corrected chi connectivity index (χ4v) is 4.74. The number of likely N-dealkylation sites (tertiary alicyclic amines) is 1. The summed E-state index contributed by atoms with van der Waals surface area (Å²) in [5.41, 5.74) is 4.10. The van der Waals surface area contributed by atoms with E-state index in [-0.39, 0.29) is 23.8 Å². The lowest BCUT2D eigenvalue weighted by Gasteiger charge is -2.32. The molecule has 0 bridgehead atoms. The number of halogens is 1. The number of benzene rings is 2. The van der Waals surface area contributed by atoms with E-state index in [1.165, 1.54) is 0 Å². The molecule has 0 saturated carbocycles. The fraction of sp³-hybridized carbons (Fsp3) is 0.296. The van der Waals surface area contributed by atoms with Gasteiger partial charge in [0.2, 0.25) is 0 Å². The minimum atomic E-state index is -0.110. The molecule has 0 radical (unpaired) electrons. The van der Waals surface area contributed by atoms with E-state index in [9.17, 15) is 9.59 Å². The lowest BCUT2D eigenvalue weighted by atomic mass is 9.89. The Morgan fingerprint density at radius 1 is 1.03 bits per heavy atom. The van der Waals surface area contributed by atoms with Crippen molar-refractivity contribution in [1.29, 1.82) is 0 Å². The third kappa shape index (κ3) is 5.50. The van der Waals surface area contributed by atoms with Crippen LogP contribution in [0.2, 0.25) is 0 Å². The summed E-state index contributed by atoms with van der Waals surface area (Å²) < 4.78 is 0.896. The van der Waals surface area contributed by atoms with Crippen molar-refractivity contribution < 1.29 is 9.59 Å². The van der Waals surface area contributed by atoms with Gasteiger partial charge in [-0.15, -0.1) is 0 Å². The number of hydrogen-bond acceptors (Lipinski definition) is 3. The monoisotopic (exact) mass is 505 g/mol. The number of carbonyl (C=O) groups excluding carboxylic acids is 2. The Morgan fingerprint density at radius 3 is 2.45 bits per heavy atom. The summed E-state index contributed by atoms with van der Waals surface area (Å²) in [5, 5.41) is 3.12. The van der Waals surface area contributed by atoms with Crippen LogP contribution in [-0.2, 0) is 0 Å². The summed E-state index contributed by atoms with van der Waals surface area (Å²) in [4.78, 5) is 32.7. The summed E-state index contributed by atoms with van der Waals surface area (Å²) in [6, 6.07) is 21.1. The number of rotatable bonds is 5. The molecule has 2 amide bonds. The van der Waals surface area contributed by atoms with Crippen LogP contribution in [0.5, 0.6) is 0 Å². The van der Waals surface area contributed by atoms with Gasteiger partial charge in [0.1, 0.15) is 0 Å². The van der Waals surface area contributed by atoms with Crippen LogP contribution in [0, 0.1) is 6.92 Å². The molecule has 1 fully saturated rings. The molecule has 0 spiro atoms. The molecule has 1 unspecified atom stereocenters. The highest BCUT2D eigenvalue weighted by molar-refractivity contribution is 9.10. The van der Waals surface area contributed by atoms with E-state index in [1.807, 2.05) is 85.5 Å². The Balaban J connectivity index is 1.47. The number of aryl methyl sites for hydroxylation is 1. The highest BCUT2D eigenvalue weighted by atomic mass is 79.9. The molecule has 2 aromatic carbocycles. The zero-order chi connectivity index (χ0) is 23.4. The average molecular weight is 506 g/mol. The lowest BCUT2D eigenvalue weighted by Crippen LogP contribution is -2.38. The van der Waals surface area contributed by atoms with Gasteiger partial charge in [-0.25, -0.2) is 0 Å². The summed E-state index contributed by atoms with van der Waals surface area (Å²) in [6.07, 6.45) is 1.56. The van der Waals surface area contributed by atoms with Crippen molar-refractivity contribution in [2.45, 2.75) is 38.6 Å². The Hall–Kier alpha value is -2.99. The van der Waals surface area contributed by atoms with E-state index in [1.54, 1.807) is 0 Å². The van der Waals surface area contributed by atoms with Gasteiger partial charge in [0.05, 0.1) is 17.3 Å². The normalized spacial score (nSPS) is 15.2. The second-order valence-electron chi connectivity index (χ2n) is 8.57. The summed E-state index contributed by atoms with van der Waals surface area (Å²) in [7, 11) is 0. The number of aromatic nitrogens is 1. The molecular weight excluding hydrogens is 478 g/mol. The maximum atomic E-state index is 13.2. The van der Waals surface area contributed by atoms with Crippen LogP contribution in [0.15, 0.2) is 71.2 Å². The minimum Gasteiger partial charge on any atom is -0.345 e. The van der Waals surface area contributed by atoms with Gasteiger partial charge >= 0.3 is 0 Å². The number of nitrogens with one attached hydrogen (secondary N) is 1. The molecule has 6 heteroatoms. The van der Waals surface area contributed by atoms with Crippen LogP contribution in [0.3, 0.4) is 0 Å². The molecule has 5 nitrogen and oxygen atoms in total. The molecule has 1 aromatic heterocycles. The first-order valence-corrected chi connectivity index (χ1v) is 12.1. The number of carbonyl (C=O) groups is 2. The highest BCUT2D eigenvalue weighted by Gasteiger charge is 2.28. The minimum absolute atomic E-state index is 0.0432. The highest BCUT2D eigenvalue weighted by Crippen LogP contribution is 2.30. The molecule has 1 saturated heterocycles. The van der Waals surface area contributed by atoms with Crippen molar-refractivity contribution in [3.05, 3.63) is 99.3 Å². The number of amides is 2. The number of nitrogens with zero attached hydrogens (tertiary/aromatic N) is 2. The molecule has 1 N–H and O–H groups in total. The predicted molar refractivity (Wildman–Crippen MR) is 133 cm³/mol. The standard InChI is InChI=1S/C27H28BrN3O2/c1-18-11-12-24(26(32)30-19(2)20-7-4-3-5-8-20)25(29-18)21-13-15-31(16-14-21)27(33)22-9-6-10-23(28)17-22/h3-12,17,19,21H,13-16H2,1-2H3,(H,30,32). The van der Waals surface area contributed by atoms with Crippen LogP contribution >= 0.6 is 15.9 Å². The van der Waals surface area contributed by atoms with Crippen molar-refractivity contribution in [3.63, 3.8) is 0 Å². The van der Waals surface area contributed by atoms with Crippen LogP contribution < -0.4 is 5.32 Å². The van der Waals surface area contributed by atoms with Crippen LogP contribution in [0.1, 0.15) is 69.4 Å². The molecule has 4 rings (SSSR count). The van der Waals surface area contributed by atoms with Gasteiger partial charge in [0.25, 0.3) is 11.8 Å².